The summed E-state index contributed by atoms with van der Waals surface area (Å²) in [5.41, 5.74) is 0. The van der Waals surface area contributed by atoms with Crippen LogP contribution in [-0.2, 0) is 4.74 Å². The zero-order valence-corrected chi connectivity index (χ0v) is 10.7. The Kier molecular flexibility index (Phi) is 6.26. The maximum atomic E-state index is 5.36. The average molecular weight is 213 g/mol. The van der Waals surface area contributed by atoms with Crippen LogP contribution in [0.3, 0.4) is 0 Å². The molecule has 1 saturated heterocycles. The lowest BCUT2D eigenvalue weighted by atomic mass is 10.0. The summed E-state index contributed by atoms with van der Waals surface area (Å²) in [7, 11) is 0. The van der Waals surface area contributed by atoms with E-state index in [0.29, 0.717) is 6.10 Å². The molecule has 1 aliphatic rings. The van der Waals surface area contributed by atoms with Crippen molar-refractivity contribution >= 4 is 0 Å². The molecule has 1 rings (SSSR count). The first-order valence-electron chi connectivity index (χ1n) is 6.67. The molecule has 2 atom stereocenters. The Labute approximate surface area is 95.0 Å². The minimum atomic E-state index is 0.581. The molecule has 0 bridgehead atoms. The van der Waals surface area contributed by atoms with E-state index in [2.05, 4.69) is 25.7 Å². The number of unbranched alkanes of at least 4 members (excludes halogenated alkanes) is 2. The Hall–Kier alpha value is -0.0800. The molecule has 2 nitrogen and oxygen atoms in total. The van der Waals surface area contributed by atoms with Gasteiger partial charge in [0.25, 0.3) is 0 Å². The average Bonchev–Trinajstić information content (AvgIpc) is 3.03. The summed E-state index contributed by atoms with van der Waals surface area (Å²) in [6.45, 7) is 10.2. The smallest absolute Gasteiger partial charge is 0.0824 e. The van der Waals surface area contributed by atoms with E-state index >= 15 is 0 Å². The predicted molar refractivity (Wildman–Crippen MR) is 65.2 cm³/mol. The lowest BCUT2D eigenvalue weighted by Crippen LogP contribution is -2.36. The van der Waals surface area contributed by atoms with E-state index in [1.165, 1.54) is 45.2 Å². The third-order valence-electron chi connectivity index (χ3n) is 3.41. The molecule has 2 unspecified atom stereocenters. The maximum absolute atomic E-state index is 5.36. The molecule has 1 fully saturated rings. The Morgan fingerprint density at radius 1 is 1.20 bits per heavy atom. The van der Waals surface area contributed by atoms with Gasteiger partial charge in [0, 0.05) is 6.04 Å². The summed E-state index contributed by atoms with van der Waals surface area (Å²) in [6, 6.07) is 0.763. The molecule has 0 aromatic rings. The number of rotatable bonds is 9. The number of nitrogens with zero attached hydrogens (tertiary/aromatic N) is 1. The molecule has 15 heavy (non-hydrogen) atoms. The molecule has 0 saturated carbocycles. The fraction of sp³-hybridized carbons (Fsp3) is 1.00. The Morgan fingerprint density at radius 2 is 1.87 bits per heavy atom. The van der Waals surface area contributed by atoms with Gasteiger partial charge in [0.1, 0.15) is 0 Å². The summed E-state index contributed by atoms with van der Waals surface area (Å²) < 4.78 is 5.36. The molecule has 0 aliphatic carbocycles. The van der Waals surface area contributed by atoms with Gasteiger partial charge >= 0.3 is 0 Å². The van der Waals surface area contributed by atoms with Crippen LogP contribution < -0.4 is 0 Å². The molecule has 0 amide bonds. The van der Waals surface area contributed by atoms with E-state index in [1.54, 1.807) is 0 Å². The van der Waals surface area contributed by atoms with E-state index in [0.717, 1.165) is 12.6 Å². The van der Waals surface area contributed by atoms with Crippen LogP contribution in [-0.4, -0.2) is 36.7 Å². The van der Waals surface area contributed by atoms with Crippen molar-refractivity contribution in [3.05, 3.63) is 0 Å². The first-order chi connectivity index (χ1) is 7.31. The largest absolute Gasteiger partial charge is 0.373 e. The summed E-state index contributed by atoms with van der Waals surface area (Å²) in [4.78, 5) is 2.59. The third-order valence-corrected chi connectivity index (χ3v) is 3.41. The maximum Gasteiger partial charge on any atom is 0.0824 e. The van der Waals surface area contributed by atoms with Crippen LogP contribution in [0.25, 0.3) is 0 Å². The summed E-state index contributed by atoms with van der Waals surface area (Å²) >= 11 is 0. The van der Waals surface area contributed by atoms with Gasteiger partial charge in [-0.3, -0.25) is 0 Å². The normalized spacial score (nSPS) is 22.0. The van der Waals surface area contributed by atoms with Gasteiger partial charge in [-0.25, -0.2) is 0 Å². The van der Waals surface area contributed by atoms with Crippen molar-refractivity contribution in [1.29, 1.82) is 0 Å². The first-order valence-corrected chi connectivity index (χ1v) is 6.67. The third kappa shape index (κ3) is 4.98. The van der Waals surface area contributed by atoms with Crippen LogP contribution >= 0.6 is 0 Å². The molecular weight excluding hydrogens is 186 g/mol. The van der Waals surface area contributed by atoms with E-state index in [-0.39, 0.29) is 0 Å². The zero-order valence-electron chi connectivity index (χ0n) is 10.7. The Balaban J connectivity index is 2.28. The second kappa shape index (κ2) is 7.24. The fourth-order valence-corrected chi connectivity index (χ4v) is 2.33. The van der Waals surface area contributed by atoms with Gasteiger partial charge in [0.15, 0.2) is 0 Å². The molecule has 0 spiro atoms. The predicted octanol–water partition coefficient (Wildman–Crippen LogP) is 3.07. The lowest BCUT2D eigenvalue weighted by Gasteiger charge is -2.29. The molecule has 0 N–H and O–H groups in total. The highest BCUT2D eigenvalue weighted by Gasteiger charge is 2.28. The first kappa shape index (κ1) is 13.0. The standard InChI is InChI=1S/C13H27NO/c1-4-7-8-9-12(10-13-11-15-13)14(5-2)6-3/h12-13H,4-11H2,1-3H3. The zero-order chi connectivity index (χ0) is 11.1. The van der Waals surface area contributed by atoms with Gasteiger partial charge in [0.05, 0.1) is 12.7 Å². The molecular formula is C13H27NO. The highest BCUT2D eigenvalue weighted by atomic mass is 16.6. The van der Waals surface area contributed by atoms with Crippen molar-refractivity contribution < 1.29 is 4.74 Å². The number of ether oxygens (including phenoxy) is 1. The van der Waals surface area contributed by atoms with Crippen molar-refractivity contribution in [1.82, 2.24) is 4.90 Å². The van der Waals surface area contributed by atoms with Gasteiger partial charge in [0.2, 0.25) is 0 Å². The SMILES string of the molecule is CCCCCC(CC1CO1)N(CC)CC. The van der Waals surface area contributed by atoms with Crippen molar-refractivity contribution in [2.75, 3.05) is 19.7 Å². The van der Waals surface area contributed by atoms with Crippen LogP contribution in [0.4, 0.5) is 0 Å². The van der Waals surface area contributed by atoms with E-state index in [4.69, 9.17) is 4.74 Å². The lowest BCUT2D eigenvalue weighted by molar-refractivity contribution is 0.179. The van der Waals surface area contributed by atoms with Crippen LogP contribution in [0.1, 0.15) is 52.9 Å². The minimum absolute atomic E-state index is 0.581. The number of hydrogen-bond donors (Lipinski definition) is 0. The van der Waals surface area contributed by atoms with Crippen LogP contribution in [0, 0.1) is 0 Å². The van der Waals surface area contributed by atoms with Gasteiger partial charge < -0.3 is 9.64 Å². The van der Waals surface area contributed by atoms with E-state index < -0.39 is 0 Å². The minimum Gasteiger partial charge on any atom is -0.373 e. The summed E-state index contributed by atoms with van der Waals surface area (Å²) in [6.07, 6.45) is 7.27. The second-order valence-corrected chi connectivity index (χ2v) is 4.56. The molecule has 90 valence electrons. The van der Waals surface area contributed by atoms with Gasteiger partial charge in [-0.05, 0) is 25.9 Å². The van der Waals surface area contributed by atoms with Crippen molar-refractivity contribution in [2.24, 2.45) is 0 Å². The second-order valence-electron chi connectivity index (χ2n) is 4.56. The van der Waals surface area contributed by atoms with Crippen LogP contribution in [0.5, 0.6) is 0 Å². The molecule has 0 aromatic carbocycles. The summed E-state index contributed by atoms with van der Waals surface area (Å²) in [5, 5.41) is 0. The van der Waals surface area contributed by atoms with E-state index in [1.807, 2.05) is 0 Å². The Bertz CT molecular complexity index is 153. The highest BCUT2D eigenvalue weighted by molar-refractivity contribution is 4.79. The van der Waals surface area contributed by atoms with Gasteiger partial charge in [-0.15, -0.1) is 0 Å². The van der Waals surface area contributed by atoms with Crippen LogP contribution in [0.15, 0.2) is 0 Å². The van der Waals surface area contributed by atoms with Gasteiger partial charge in [-0.2, -0.15) is 0 Å². The van der Waals surface area contributed by atoms with Crippen molar-refractivity contribution in [2.45, 2.75) is 65.0 Å². The Morgan fingerprint density at radius 3 is 2.33 bits per heavy atom. The van der Waals surface area contributed by atoms with Gasteiger partial charge in [-0.1, -0.05) is 40.0 Å². The molecule has 1 aliphatic heterocycles. The quantitative estimate of drug-likeness (QED) is 0.432. The van der Waals surface area contributed by atoms with E-state index in [9.17, 15) is 0 Å². The summed E-state index contributed by atoms with van der Waals surface area (Å²) in [5.74, 6) is 0. The molecule has 2 heteroatoms. The molecule has 0 aromatic heterocycles. The number of hydrogen-bond acceptors (Lipinski definition) is 2. The molecule has 1 heterocycles. The molecule has 0 radical (unpaired) electrons. The van der Waals surface area contributed by atoms with Crippen molar-refractivity contribution in [3.63, 3.8) is 0 Å². The monoisotopic (exact) mass is 213 g/mol. The van der Waals surface area contributed by atoms with Crippen LogP contribution in [0.2, 0.25) is 0 Å². The van der Waals surface area contributed by atoms with Crippen molar-refractivity contribution in [3.8, 4) is 0 Å². The number of epoxide rings is 1. The fourth-order valence-electron chi connectivity index (χ4n) is 2.33. The topological polar surface area (TPSA) is 15.8 Å². The highest BCUT2D eigenvalue weighted by Crippen LogP contribution is 2.22.